The molecule has 1 amide bonds. The average molecular weight is 207 g/mol. The summed E-state index contributed by atoms with van der Waals surface area (Å²) in [7, 11) is 0. The predicted molar refractivity (Wildman–Crippen MR) is 55.6 cm³/mol. The van der Waals surface area contributed by atoms with Crippen LogP contribution in [0.4, 0.5) is 0 Å². The Morgan fingerprint density at radius 1 is 1.60 bits per heavy atom. The number of aromatic amines is 1. The lowest BCUT2D eigenvalue weighted by molar-refractivity contribution is 0.0789. The summed E-state index contributed by atoms with van der Waals surface area (Å²) >= 11 is 0. The van der Waals surface area contributed by atoms with Gasteiger partial charge in [0, 0.05) is 25.3 Å². The van der Waals surface area contributed by atoms with Gasteiger partial charge < -0.3 is 15.6 Å². The first kappa shape index (κ1) is 9.92. The Bertz CT molecular complexity index is 427. The van der Waals surface area contributed by atoms with Gasteiger partial charge >= 0.3 is 0 Å². The van der Waals surface area contributed by atoms with Gasteiger partial charge in [-0.2, -0.15) is 0 Å². The zero-order valence-electron chi connectivity index (χ0n) is 8.27. The van der Waals surface area contributed by atoms with Crippen LogP contribution in [0.5, 0.6) is 0 Å². The fourth-order valence-electron chi connectivity index (χ4n) is 1.73. The van der Waals surface area contributed by atoms with Gasteiger partial charge in [-0.3, -0.25) is 9.59 Å². The zero-order valence-corrected chi connectivity index (χ0v) is 8.27. The molecular weight excluding hydrogens is 194 g/mol. The summed E-state index contributed by atoms with van der Waals surface area (Å²) < 4.78 is 0. The lowest BCUT2D eigenvalue weighted by Gasteiger charge is -2.14. The van der Waals surface area contributed by atoms with Crippen LogP contribution in [0.3, 0.4) is 0 Å². The van der Waals surface area contributed by atoms with E-state index in [1.54, 1.807) is 11.0 Å². The highest BCUT2D eigenvalue weighted by Crippen LogP contribution is 2.09. The fourth-order valence-corrected chi connectivity index (χ4v) is 1.73. The fraction of sp³-hybridized carbons (Fsp3) is 0.400. The summed E-state index contributed by atoms with van der Waals surface area (Å²) in [5, 5.41) is 0. The van der Waals surface area contributed by atoms with Gasteiger partial charge in [-0.1, -0.05) is 0 Å². The molecule has 1 saturated heterocycles. The molecule has 1 atom stereocenters. The Morgan fingerprint density at radius 3 is 3.00 bits per heavy atom. The van der Waals surface area contributed by atoms with Crippen LogP contribution in [0, 0.1) is 0 Å². The second-order valence-electron chi connectivity index (χ2n) is 3.71. The molecule has 0 bridgehead atoms. The van der Waals surface area contributed by atoms with E-state index in [9.17, 15) is 9.59 Å². The number of carbonyl (C=O) groups excluding carboxylic acids is 1. The monoisotopic (exact) mass is 207 g/mol. The van der Waals surface area contributed by atoms with E-state index in [1.165, 1.54) is 12.3 Å². The molecular formula is C10H13N3O2. The largest absolute Gasteiger partial charge is 0.337 e. The predicted octanol–water partition coefficient (Wildman–Crippen LogP) is -0.452. The third-order valence-corrected chi connectivity index (χ3v) is 2.56. The third kappa shape index (κ3) is 1.92. The molecule has 3 N–H and O–H groups in total. The summed E-state index contributed by atoms with van der Waals surface area (Å²) in [4.78, 5) is 27.3. The van der Waals surface area contributed by atoms with Gasteiger partial charge in [-0.25, -0.2) is 0 Å². The molecule has 80 valence electrons. The number of rotatable bonds is 1. The molecule has 15 heavy (non-hydrogen) atoms. The SMILES string of the molecule is N[C@@H]1CCN(C(=O)c2ccc[nH]c2=O)C1. The van der Waals surface area contributed by atoms with Gasteiger partial charge in [0.2, 0.25) is 0 Å². The number of pyridine rings is 1. The van der Waals surface area contributed by atoms with Crippen molar-refractivity contribution in [2.75, 3.05) is 13.1 Å². The molecule has 1 aliphatic rings. The minimum atomic E-state index is -0.344. The first-order valence-corrected chi connectivity index (χ1v) is 4.91. The van der Waals surface area contributed by atoms with Gasteiger partial charge in [-0.05, 0) is 18.6 Å². The summed E-state index contributed by atoms with van der Waals surface area (Å²) in [5.74, 6) is -0.232. The topological polar surface area (TPSA) is 79.2 Å². The van der Waals surface area contributed by atoms with Gasteiger partial charge in [0.15, 0.2) is 0 Å². The molecule has 2 heterocycles. The molecule has 1 aromatic heterocycles. The molecule has 1 aromatic rings. The molecule has 2 rings (SSSR count). The normalized spacial score (nSPS) is 20.6. The average Bonchev–Trinajstić information content (AvgIpc) is 2.65. The van der Waals surface area contributed by atoms with E-state index in [0.29, 0.717) is 13.1 Å². The number of nitrogens with two attached hydrogens (primary N) is 1. The lowest BCUT2D eigenvalue weighted by Crippen LogP contribution is -2.34. The number of carbonyl (C=O) groups is 1. The quantitative estimate of drug-likeness (QED) is 0.654. The van der Waals surface area contributed by atoms with Crippen LogP contribution in [0.2, 0.25) is 0 Å². The summed E-state index contributed by atoms with van der Waals surface area (Å²) in [6.07, 6.45) is 2.31. The summed E-state index contributed by atoms with van der Waals surface area (Å²) in [6, 6.07) is 3.21. The Kier molecular flexibility index (Phi) is 2.55. The molecule has 0 radical (unpaired) electrons. The van der Waals surface area contributed by atoms with Crippen LogP contribution in [0.25, 0.3) is 0 Å². The number of H-pyrrole nitrogens is 1. The maximum Gasteiger partial charge on any atom is 0.260 e. The van der Waals surface area contributed by atoms with Crippen molar-refractivity contribution in [2.24, 2.45) is 5.73 Å². The highest BCUT2D eigenvalue weighted by atomic mass is 16.2. The number of nitrogens with zero attached hydrogens (tertiary/aromatic N) is 1. The van der Waals surface area contributed by atoms with Crippen LogP contribution in [-0.2, 0) is 0 Å². The van der Waals surface area contributed by atoms with Crippen LogP contribution in [0.15, 0.2) is 23.1 Å². The molecule has 0 aromatic carbocycles. The zero-order chi connectivity index (χ0) is 10.8. The van der Waals surface area contributed by atoms with Gasteiger partial charge in [0.25, 0.3) is 11.5 Å². The maximum atomic E-state index is 11.9. The number of aromatic nitrogens is 1. The van der Waals surface area contributed by atoms with Crippen molar-refractivity contribution in [3.05, 3.63) is 34.2 Å². The van der Waals surface area contributed by atoms with Gasteiger partial charge in [0.1, 0.15) is 5.56 Å². The van der Waals surface area contributed by atoms with Crippen molar-refractivity contribution in [2.45, 2.75) is 12.5 Å². The van der Waals surface area contributed by atoms with Crippen LogP contribution < -0.4 is 11.3 Å². The minimum Gasteiger partial charge on any atom is -0.337 e. The first-order chi connectivity index (χ1) is 7.18. The van der Waals surface area contributed by atoms with Crippen molar-refractivity contribution in [1.82, 2.24) is 9.88 Å². The van der Waals surface area contributed by atoms with Gasteiger partial charge in [0.05, 0.1) is 0 Å². The van der Waals surface area contributed by atoms with E-state index in [4.69, 9.17) is 5.73 Å². The van der Waals surface area contributed by atoms with E-state index in [1.807, 2.05) is 0 Å². The van der Waals surface area contributed by atoms with Crippen molar-refractivity contribution in [1.29, 1.82) is 0 Å². The number of amides is 1. The summed E-state index contributed by atoms with van der Waals surface area (Å²) in [6.45, 7) is 1.17. The highest BCUT2D eigenvalue weighted by Gasteiger charge is 2.25. The Balaban J connectivity index is 2.22. The number of hydrogen-bond donors (Lipinski definition) is 2. The Hall–Kier alpha value is -1.62. The second kappa shape index (κ2) is 3.86. The van der Waals surface area contributed by atoms with E-state index >= 15 is 0 Å². The molecule has 0 saturated carbocycles. The first-order valence-electron chi connectivity index (χ1n) is 4.91. The smallest absolute Gasteiger partial charge is 0.260 e. The van der Waals surface area contributed by atoms with Crippen molar-refractivity contribution in [3.8, 4) is 0 Å². The molecule has 5 nitrogen and oxygen atoms in total. The van der Waals surface area contributed by atoms with Crippen LogP contribution in [0.1, 0.15) is 16.8 Å². The minimum absolute atomic E-state index is 0.0387. The van der Waals surface area contributed by atoms with E-state index in [-0.39, 0.29) is 23.1 Å². The maximum absolute atomic E-state index is 11.9. The molecule has 1 aliphatic heterocycles. The Labute approximate surface area is 86.9 Å². The molecule has 0 unspecified atom stereocenters. The molecule has 1 fully saturated rings. The second-order valence-corrected chi connectivity index (χ2v) is 3.71. The van der Waals surface area contributed by atoms with E-state index < -0.39 is 0 Å². The standard InChI is InChI=1S/C10H13N3O2/c11-7-3-5-13(6-7)10(15)8-2-1-4-12-9(8)14/h1-2,4,7H,3,5-6,11H2,(H,12,14)/t7-/m1/s1. The lowest BCUT2D eigenvalue weighted by atomic mass is 10.2. The Morgan fingerprint density at radius 2 is 2.40 bits per heavy atom. The van der Waals surface area contributed by atoms with Crippen molar-refractivity contribution >= 4 is 5.91 Å². The van der Waals surface area contributed by atoms with Crippen molar-refractivity contribution in [3.63, 3.8) is 0 Å². The highest BCUT2D eigenvalue weighted by molar-refractivity contribution is 5.94. The molecule has 5 heteroatoms. The van der Waals surface area contributed by atoms with E-state index in [0.717, 1.165) is 6.42 Å². The number of likely N-dealkylation sites (tertiary alicyclic amines) is 1. The summed E-state index contributed by atoms with van der Waals surface area (Å²) in [5.41, 5.74) is 5.54. The molecule has 0 aliphatic carbocycles. The van der Waals surface area contributed by atoms with Gasteiger partial charge in [-0.15, -0.1) is 0 Å². The molecule has 0 spiro atoms. The van der Waals surface area contributed by atoms with Crippen LogP contribution in [-0.4, -0.2) is 34.9 Å². The third-order valence-electron chi connectivity index (χ3n) is 2.56. The van der Waals surface area contributed by atoms with Crippen molar-refractivity contribution < 1.29 is 4.79 Å². The number of hydrogen-bond acceptors (Lipinski definition) is 3. The number of nitrogens with one attached hydrogen (secondary N) is 1. The van der Waals surface area contributed by atoms with E-state index in [2.05, 4.69) is 4.98 Å². The van der Waals surface area contributed by atoms with Crippen LogP contribution >= 0.6 is 0 Å².